The van der Waals surface area contributed by atoms with Crippen molar-refractivity contribution in [3.63, 3.8) is 0 Å². The summed E-state index contributed by atoms with van der Waals surface area (Å²) in [6.45, 7) is 3.66. The summed E-state index contributed by atoms with van der Waals surface area (Å²) < 4.78 is 35.5. The van der Waals surface area contributed by atoms with Gasteiger partial charge in [-0.2, -0.15) is 0 Å². The number of Topliss-reactive ketones (excluding diaryl/α,β-unsaturated/α-hetero) is 2. The van der Waals surface area contributed by atoms with Crippen molar-refractivity contribution in [1.29, 1.82) is 0 Å². The van der Waals surface area contributed by atoms with Gasteiger partial charge in [-0.1, -0.05) is 0 Å². The number of benzene rings is 3. The summed E-state index contributed by atoms with van der Waals surface area (Å²) in [4.78, 5) is 81.4. The quantitative estimate of drug-likeness (QED) is 0.0210. The minimum Gasteiger partial charge on any atom is -0.496 e. The predicted molar refractivity (Wildman–Crippen MR) is 307 cm³/mol. The molecular weight excluding hydrogens is 1020 g/mol. The molecule has 20 nitrogen and oxygen atoms in total. The monoisotopic (exact) mass is 1110 g/mol. The number of ether oxygens (including phenoxy) is 6. The van der Waals surface area contributed by atoms with Gasteiger partial charge in [0.25, 0.3) is 23.6 Å². The van der Waals surface area contributed by atoms with Crippen LogP contribution < -0.4 is 73.5 Å². The molecule has 0 spiro atoms. The molecule has 80 heavy (non-hydrogen) atoms. The van der Waals surface area contributed by atoms with Crippen LogP contribution in [0.15, 0.2) is 36.4 Å². The van der Waals surface area contributed by atoms with Crippen molar-refractivity contribution in [3.05, 3.63) is 69.8 Å². The first kappa shape index (κ1) is 64.3. The number of nitrogens with two attached hydrogens (primary N) is 6. The van der Waals surface area contributed by atoms with E-state index in [0.717, 1.165) is 77.0 Å². The molecule has 14 N–H and O–H groups in total. The Morgan fingerprint density at radius 2 is 0.675 bits per heavy atom. The number of amides is 4. The second-order valence-corrected chi connectivity index (χ2v) is 21.1. The lowest BCUT2D eigenvalue weighted by Crippen LogP contribution is -2.38. The van der Waals surface area contributed by atoms with Crippen LogP contribution in [0.3, 0.4) is 0 Å². The Morgan fingerprint density at radius 3 is 0.963 bits per heavy atom. The second-order valence-electron chi connectivity index (χ2n) is 21.1. The van der Waals surface area contributed by atoms with Crippen LogP contribution in [0.5, 0.6) is 34.5 Å². The van der Waals surface area contributed by atoms with E-state index in [0.29, 0.717) is 138 Å². The molecule has 0 bridgehead atoms. The van der Waals surface area contributed by atoms with Crippen LogP contribution in [0.4, 0.5) is 0 Å². The van der Waals surface area contributed by atoms with Gasteiger partial charge in [-0.25, -0.2) is 0 Å². The first-order chi connectivity index (χ1) is 38.7. The fourth-order valence-corrected chi connectivity index (χ4v) is 10.4. The van der Waals surface area contributed by atoms with E-state index in [4.69, 9.17) is 62.8 Å². The van der Waals surface area contributed by atoms with Crippen molar-refractivity contribution in [2.75, 3.05) is 66.8 Å². The summed E-state index contributed by atoms with van der Waals surface area (Å²) in [6, 6.07) is 8.81. The number of hydrogen-bond donors (Lipinski definition) is 8. The zero-order valence-corrected chi connectivity index (χ0v) is 47.3. The Hall–Kier alpha value is -6.48. The lowest BCUT2D eigenvalue weighted by molar-refractivity contribution is 0.0889. The average Bonchev–Trinajstić information content (AvgIpc) is 3.45. The highest BCUT2D eigenvalue weighted by atomic mass is 16.5. The van der Waals surface area contributed by atoms with Gasteiger partial charge in [0.15, 0.2) is 11.6 Å². The van der Waals surface area contributed by atoms with E-state index in [9.17, 15) is 28.8 Å². The Morgan fingerprint density at radius 1 is 0.388 bits per heavy atom. The van der Waals surface area contributed by atoms with Crippen molar-refractivity contribution < 1.29 is 57.2 Å². The van der Waals surface area contributed by atoms with Crippen LogP contribution in [0.2, 0.25) is 0 Å². The average molecular weight is 1120 g/mol. The van der Waals surface area contributed by atoms with E-state index in [1.807, 2.05) is 0 Å². The van der Waals surface area contributed by atoms with Gasteiger partial charge in [0.1, 0.15) is 34.5 Å². The highest BCUT2D eigenvalue weighted by Gasteiger charge is 2.31. The van der Waals surface area contributed by atoms with Crippen molar-refractivity contribution in [1.82, 2.24) is 10.6 Å². The first-order valence-electron chi connectivity index (χ1n) is 29.0. The molecule has 5 rings (SSSR count). The van der Waals surface area contributed by atoms with Gasteiger partial charge in [-0.15, -0.1) is 0 Å². The maximum Gasteiger partial charge on any atom is 0.255 e. The van der Waals surface area contributed by atoms with E-state index >= 15 is 0 Å². The van der Waals surface area contributed by atoms with E-state index in [1.165, 1.54) is 26.4 Å². The zero-order chi connectivity index (χ0) is 57.8. The smallest absolute Gasteiger partial charge is 0.255 e. The largest absolute Gasteiger partial charge is 0.496 e. The molecule has 0 aliphatic heterocycles. The molecule has 0 unspecified atom stereocenters. The third kappa shape index (κ3) is 20.0. The van der Waals surface area contributed by atoms with E-state index in [1.54, 1.807) is 24.3 Å². The summed E-state index contributed by atoms with van der Waals surface area (Å²) in [5, 5.41) is 6.26. The highest BCUT2D eigenvalue weighted by molar-refractivity contribution is 6.06. The Balaban J connectivity index is 1.19. The molecule has 442 valence electrons. The van der Waals surface area contributed by atoms with Crippen LogP contribution in [0.25, 0.3) is 0 Å². The fourth-order valence-electron chi connectivity index (χ4n) is 10.4. The molecular formula is C60H90N8O12. The van der Waals surface area contributed by atoms with E-state index < -0.39 is 23.6 Å². The molecule has 2 fully saturated rings. The molecule has 0 saturated heterocycles. The summed E-state index contributed by atoms with van der Waals surface area (Å²) in [6.07, 6.45) is 15.3. The molecule has 2 aliphatic rings. The number of ketones is 2. The maximum absolute atomic E-state index is 14.1. The SMILES string of the molecule is COc1cc(OC)c(C(=O)CC2CCC(NC(=O)c3cc(C(N)=O)c(OCCCCCN)cc3OCCCCCN)CC2)cc1C(=O)CC1CCC(NC(=O)c2cc(C(N)=O)c(OCCCCCN)cc2OCCCCCN)CC1. The molecule has 0 heterocycles. The van der Waals surface area contributed by atoms with Gasteiger partial charge in [0.2, 0.25) is 0 Å². The predicted octanol–water partition coefficient (Wildman–Crippen LogP) is 7.06. The van der Waals surface area contributed by atoms with E-state index in [-0.39, 0.29) is 82.1 Å². The lowest BCUT2D eigenvalue weighted by atomic mass is 9.81. The van der Waals surface area contributed by atoms with Gasteiger partial charge in [0.05, 0.1) is 74.0 Å². The minimum absolute atomic E-state index is 0.0123. The standard InChI is InChI=1S/C60H90N8O12/c1-75-51-36-52(76-2)44(50(70)32-40-17-21-42(22-18-40)68-60(74)48-35-46(58(66)72)54(78-28-12-4-8-24-62)38-56(48)80-30-14-6-10-26-64)33-43(51)49(69)31-39-15-19-41(20-16-39)67-59(73)47-34-45(57(65)71)53(77-27-11-3-7-23-61)37-55(47)79-29-13-5-9-25-63/h33-42H,3-32,61-64H2,1-2H3,(H2,65,71)(H2,66,72)(H,67,73)(H,68,74). The number of unbranched alkanes of at least 4 members (excludes halogenated alkanes) is 8. The number of hydrogen-bond acceptors (Lipinski definition) is 16. The molecule has 20 heteroatoms. The highest BCUT2D eigenvalue weighted by Crippen LogP contribution is 2.38. The van der Waals surface area contributed by atoms with Crippen LogP contribution >= 0.6 is 0 Å². The lowest BCUT2D eigenvalue weighted by Gasteiger charge is -2.29. The van der Waals surface area contributed by atoms with Crippen molar-refractivity contribution in [3.8, 4) is 34.5 Å². The number of primary amides is 2. The number of nitrogens with one attached hydrogen (secondary N) is 2. The zero-order valence-electron chi connectivity index (χ0n) is 47.3. The van der Waals surface area contributed by atoms with Crippen LogP contribution in [-0.4, -0.2) is 114 Å². The van der Waals surface area contributed by atoms with Crippen LogP contribution in [0, 0.1) is 11.8 Å². The second kappa shape index (κ2) is 34.6. The van der Waals surface area contributed by atoms with Gasteiger partial charge in [-0.05, 0) is 185 Å². The molecule has 0 atom stereocenters. The topological polar surface area (TPSA) is 338 Å². The number of carbonyl (C=O) groups excluding carboxylic acids is 6. The normalized spacial score (nSPS) is 17.0. The van der Waals surface area contributed by atoms with Gasteiger partial charge in [0, 0.05) is 43.1 Å². The van der Waals surface area contributed by atoms with Gasteiger partial charge >= 0.3 is 0 Å². The van der Waals surface area contributed by atoms with Crippen molar-refractivity contribution in [2.45, 2.75) is 153 Å². The summed E-state index contributed by atoms with van der Waals surface area (Å²) in [5.41, 5.74) is 35.3. The van der Waals surface area contributed by atoms with Gasteiger partial charge in [-0.3, -0.25) is 28.8 Å². The number of methoxy groups -OCH3 is 2. The van der Waals surface area contributed by atoms with E-state index in [2.05, 4.69) is 10.6 Å². The third-order valence-electron chi connectivity index (χ3n) is 15.0. The molecule has 3 aromatic rings. The molecule has 3 aromatic carbocycles. The maximum atomic E-state index is 14.1. The summed E-state index contributed by atoms with van der Waals surface area (Å²) >= 11 is 0. The molecule has 0 aromatic heterocycles. The molecule has 2 aliphatic carbocycles. The van der Waals surface area contributed by atoms with Crippen LogP contribution in [0.1, 0.15) is 203 Å². The van der Waals surface area contributed by atoms with Crippen LogP contribution in [-0.2, 0) is 0 Å². The Labute approximate surface area is 472 Å². The fraction of sp³-hybridized carbons (Fsp3) is 0.600. The molecule has 4 amide bonds. The minimum atomic E-state index is -0.728. The Bertz CT molecular complexity index is 2330. The van der Waals surface area contributed by atoms with Gasteiger partial charge < -0.3 is 73.5 Å². The summed E-state index contributed by atoms with van der Waals surface area (Å²) in [5.74, 6) is -0.876. The van der Waals surface area contributed by atoms with Crippen molar-refractivity contribution >= 4 is 35.2 Å². The van der Waals surface area contributed by atoms with Crippen molar-refractivity contribution in [2.24, 2.45) is 46.2 Å². The Kier molecular flexibility index (Phi) is 27.8. The summed E-state index contributed by atoms with van der Waals surface area (Å²) in [7, 11) is 2.95. The molecule has 0 radical (unpaired) electrons. The number of carbonyl (C=O) groups is 6. The first-order valence-corrected chi connectivity index (χ1v) is 29.0. The molecule has 2 saturated carbocycles. The number of rotatable bonds is 38. The third-order valence-corrected chi connectivity index (χ3v) is 15.0.